The van der Waals surface area contributed by atoms with Gasteiger partial charge in [0.1, 0.15) is 24.2 Å². The molecule has 0 aromatic carbocycles. The van der Waals surface area contributed by atoms with Gasteiger partial charge in [-0.15, -0.1) is 0 Å². The van der Waals surface area contributed by atoms with Crippen molar-refractivity contribution in [3.8, 4) is 0 Å². The maximum Gasteiger partial charge on any atom is 0.329 e. The highest BCUT2D eigenvalue weighted by Gasteiger charge is 2.41. The zero-order valence-electron chi connectivity index (χ0n) is 10.3. The van der Waals surface area contributed by atoms with Crippen molar-refractivity contribution in [1.82, 2.24) is 4.98 Å². The van der Waals surface area contributed by atoms with Crippen molar-refractivity contribution < 1.29 is 19.6 Å². The first-order chi connectivity index (χ1) is 8.89. The van der Waals surface area contributed by atoms with Gasteiger partial charge in [0, 0.05) is 19.2 Å². The molecule has 1 aliphatic rings. The Bertz CT molecular complexity index is 496. The summed E-state index contributed by atoms with van der Waals surface area (Å²) in [7, 11) is 0. The molecule has 0 saturated carbocycles. The van der Waals surface area contributed by atoms with Gasteiger partial charge in [0.05, 0.1) is 4.92 Å². The van der Waals surface area contributed by atoms with Crippen LogP contribution in [-0.4, -0.2) is 46.3 Å². The Labute approximate surface area is 108 Å². The van der Waals surface area contributed by atoms with Crippen molar-refractivity contribution in [2.24, 2.45) is 0 Å². The number of aliphatic carboxylic acids is 1. The molecule has 1 saturated heterocycles. The summed E-state index contributed by atoms with van der Waals surface area (Å²) < 4.78 is 5.26. The van der Waals surface area contributed by atoms with Gasteiger partial charge in [-0.1, -0.05) is 0 Å². The van der Waals surface area contributed by atoms with Crippen LogP contribution in [0.2, 0.25) is 0 Å². The van der Waals surface area contributed by atoms with E-state index in [4.69, 9.17) is 9.84 Å². The Morgan fingerprint density at radius 1 is 1.63 bits per heavy atom. The van der Waals surface area contributed by atoms with Crippen LogP contribution >= 0.6 is 0 Å². The van der Waals surface area contributed by atoms with E-state index in [1.54, 1.807) is 6.07 Å². The maximum atomic E-state index is 10.5. The van der Waals surface area contributed by atoms with E-state index in [0.29, 0.717) is 18.9 Å². The lowest BCUT2D eigenvalue weighted by Crippen LogP contribution is -2.62. The highest BCUT2D eigenvalue weighted by atomic mass is 16.6. The molecule has 8 nitrogen and oxygen atoms in total. The summed E-state index contributed by atoms with van der Waals surface area (Å²) in [6.45, 7) is 2.49. The number of anilines is 1. The zero-order valence-corrected chi connectivity index (χ0v) is 10.3. The summed E-state index contributed by atoms with van der Waals surface area (Å²) in [5.41, 5.74) is -0.573. The van der Waals surface area contributed by atoms with Crippen LogP contribution in [-0.2, 0) is 9.53 Å². The molecule has 1 aliphatic heterocycles. The van der Waals surface area contributed by atoms with Crippen molar-refractivity contribution in [3.63, 3.8) is 0 Å². The number of rotatable bonds is 5. The number of carbonyl (C=O) groups is 1. The number of pyridine rings is 1. The first-order valence-electron chi connectivity index (χ1n) is 5.61. The monoisotopic (exact) mass is 267 g/mol. The van der Waals surface area contributed by atoms with Crippen LogP contribution in [0.5, 0.6) is 0 Å². The fourth-order valence-electron chi connectivity index (χ4n) is 1.92. The summed E-state index contributed by atoms with van der Waals surface area (Å²) in [6, 6.07) is 2.95. The van der Waals surface area contributed by atoms with E-state index >= 15 is 0 Å². The normalized spacial score (nSPS) is 16.8. The number of aromatic nitrogens is 1. The third-order valence-electron chi connectivity index (χ3n) is 2.86. The Morgan fingerprint density at radius 3 is 2.79 bits per heavy atom. The molecule has 1 fully saturated rings. The minimum Gasteiger partial charge on any atom is -0.480 e. The molecule has 102 valence electrons. The molecule has 19 heavy (non-hydrogen) atoms. The number of nitrogens with zero attached hydrogens (tertiary/aromatic N) is 3. The Hall–Kier alpha value is -2.22. The number of ether oxygens (including phenoxy) is 1. The lowest BCUT2D eigenvalue weighted by Gasteiger charge is -2.47. The predicted octanol–water partition coefficient (Wildman–Crippen LogP) is 0.670. The molecule has 8 heteroatoms. The summed E-state index contributed by atoms with van der Waals surface area (Å²) in [5.74, 6) is -0.393. The maximum absolute atomic E-state index is 10.5. The van der Waals surface area contributed by atoms with E-state index in [2.05, 4.69) is 4.98 Å². The number of hydrogen-bond donors (Lipinski definition) is 1. The number of carboxylic acids is 1. The van der Waals surface area contributed by atoms with Gasteiger partial charge in [-0.25, -0.2) is 9.78 Å². The third kappa shape index (κ3) is 2.97. The van der Waals surface area contributed by atoms with E-state index in [1.165, 1.54) is 12.3 Å². The topological polar surface area (TPSA) is 106 Å². The van der Waals surface area contributed by atoms with Crippen molar-refractivity contribution in [2.75, 3.05) is 24.6 Å². The minimum absolute atomic E-state index is 0.0610. The van der Waals surface area contributed by atoms with Gasteiger partial charge >= 0.3 is 5.97 Å². The summed E-state index contributed by atoms with van der Waals surface area (Å²) in [4.78, 5) is 26.3. The standard InChI is InChI=1S/C11H13N3O5/c1-11(19-5-10(15)16)6-13(7-11)9-3-2-8(4-12-9)14(17)18/h2-4H,5-7H2,1H3,(H,15,16). The Balaban J connectivity index is 1.92. The first kappa shape index (κ1) is 13.2. The van der Waals surface area contributed by atoms with Crippen LogP contribution < -0.4 is 4.90 Å². The van der Waals surface area contributed by atoms with Gasteiger partial charge in [-0.3, -0.25) is 10.1 Å². The molecule has 0 amide bonds. The molecule has 1 N–H and O–H groups in total. The number of hydrogen-bond acceptors (Lipinski definition) is 6. The van der Waals surface area contributed by atoms with Crippen LogP contribution in [0.1, 0.15) is 6.92 Å². The highest BCUT2D eigenvalue weighted by molar-refractivity contribution is 5.68. The van der Waals surface area contributed by atoms with Crippen molar-refractivity contribution >= 4 is 17.5 Å². The third-order valence-corrected chi connectivity index (χ3v) is 2.86. The van der Waals surface area contributed by atoms with Gasteiger partial charge in [0.15, 0.2) is 0 Å². The number of nitro groups is 1. The average Bonchev–Trinajstić information content (AvgIpc) is 2.33. The molecule has 2 heterocycles. The first-order valence-corrected chi connectivity index (χ1v) is 5.61. The zero-order chi connectivity index (χ0) is 14.0. The SMILES string of the molecule is CC1(OCC(=O)O)CN(c2ccc([N+](=O)[O-])cn2)C1. The number of carboxylic acid groups (broad SMARTS) is 1. The fraction of sp³-hybridized carbons (Fsp3) is 0.455. The van der Waals surface area contributed by atoms with Crippen LogP contribution in [0.25, 0.3) is 0 Å². The highest BCUT2D eigenvalue weighted by Crippen LogP contribution is 2.29. The van der Waals surface area contributed by atoms with E-state index < -0.39 is 16.5 Å². The molecule has 2 rings (SSSR count). The van der Waals surface area contributed by atoms with Gasteiger partial charge in [0.2, 0.25) is 0 Å². The summed E-state index contributed by atoms with van der Waals surface area (Å²) in [5, 5.41) is 19.0. The van der Waals surface area contributed by atoms with Crippen LogP contribution in [0, 0.1) is 10.1 Å². The molecule has 0 unspecified atom stereocenters. The van der Waals surface area contributed by atoms with Crippen molar-refractivity contribution in [3.05, 3.63) is 28.4 Å². The molecule has 0 radical (unpaired) electrons. The smallest absolute Gasteiger partial charge is 0.329 e. The van der Waals surface area contributed by atoms with Gasteiger partial charge < -0.3 is 14.7 Å². The Kier molecular flexibility index (Phi) is 3.34. The van der Waals surface area contributed by atoms with Gasteiger partial charge in [-0.2, -0.15) is 0 Å². The Morgan fingerprint density at radius 2 is 2.32 bits per heavy atom. The second-order valence-electron chi connectivity index (χ2n) is 4.62. The van der Waals surface area contributed by atoms with Gasteiger partial charge in [-0.05, 0) is 13.0 Å². The second-order valence-corrected chi connectivity index (χ2v) is 4.62. The molecular weight excluding hydrogens is 254 g/mol. The van der Waals surface area contributed by atoms with E-state index in [1.807, 2.05) is 11.8 Å². The molecule has 0 bridgehead atoms. The lowest BCUT2D eigenvalue weighted by molar-refractivity contribution is -0.385. The molecule has 0 spiro atoms. The van der Waals surface area contributed by atoms with E-state index in [9.17, 15) is 14.9 Å². The van der Waals surface area contributed by atoms with Crippen LogP contribution in [0.4, 0.5) is 11.5 Å². The van der Waals surface area contributed by atoms with Crippen LogP contribution in [0.3, 0.4) is 0 Å². The van der Waals surface area contributed by atoms with Crippen LogP contribution in [0.15, 0.2) is 18.3 Å². The van der Waals surface area contributed by atoms with Crippen molar-refractivity contribution in [1.29, 1.82) is 0 Å². The van der Waals surface area contributed by atoms with E-state index in [0.717, 1.165) is 0 Å². The lowest BCUT2D eigenvalue weighted by atomic mass is 9.96. The largest absolute Gasteiger partial charge is 0.480 e. The molecule has 1 aromatic rings. The van der Waals surface area contributed by atoms with Crippen molar-refractivity contribution in [2.45, 2.75) is 12.5 Å². The fourth-order valence-corrected chi connectivity index (χ4v) is 1.92. The minimum atomic E-state index is -1.01. The molecule has 1 aromatic heterocycles. The van der Waals surface area contributed by atoms with E-state index in [-0.39, 0.29) is 12.3 Å². The molecular formula is C11H13N3O5. The quantitative estimate of drug-likeness (QED) is 0.617. The molecule has 0 aliphatic carbocycles. The summed E-state index contributed by atoms with van der Waals surface area (Å²) in [6.07, 6.45) is 1.20. The van der Waals surface area contributed by atoms with Gasteiger partial charge in [0.25, 0.3) is 5.69 Å². The average molecular weight is 267 g/mol. The summed E-state index contributed by atoms with van der Waals surface area (Å²) >= 11 is 0. The predicted molar refractivity (Wildman–Crippen MR) is 65.1 cm³/mol. The molecule has 0 atom stereocenters. The second kappa shape index (κ2) is 4.81.